The van der Waals surface area contributed by atoms with Crippen molar-refractivity contribution in [3.05, 3.63) is 63.9 Å². The van der Waals surface area contributed by atoms with Crippen LogP contribution in [0.4, 0.5) is 24.8 Å². The number of nitrogens with zero attached hydrogens (tertiary/aromatic N) is 6. The van der Waals surface area contributed by atoms with E-state index >= 15 is 0 Å². The number of alkyl halides is 3. The van der Waals surface area contributed by atoms with Gasteiger partial charge in [0.2, 0.25) is 5.52 Å². The first-order valence-electron chi connectivity index (χ1n) is 11.1. The molecular weight excluding hydrogens is 461 g/mol. The second kappa shape index (κ2) is 9.19. The Bertz CT molecular complexity index is 1330. The van der Waals surface area contributed by atoms with E-state index in [1.807, 2.05) is 18.7 Å². The summed E-state index contributed by atoms with van der Waals surface area (Å²) in [5.41, 5.74) is 1.57. The minimum absolute atomic E-state index is 0.0391. The van der Waals surface area contributed by atoms with Gasteiger partial charge in [0.15, 0.2) is 5.82 Å². The molecular formula is C24H25F3N6O2. The molecule has 35 heavy (non-hydrogen) atoms. The third-order valence-corrected chi connectivity index (χ3v) is 6.44. The number of aryl methyl sites for hydroxylation is 1. The Morgan fingerprint density at radius 2 is 1.77 bits per heavy atom. The number of hydrogen-bond acceptors (Lipinski definition) is 6. The van der Waals surface area contributed by atoms with Gasteiger partial charge < -0.3 is 14.5 Å². The van der Waals surface area contributed by atoms with Crippen molar-refractivity contribution in [2.45, 2.75) is 45.3 Å². The number of anilines is 1. The molecule has 0 N–H and O–H groups in total. The van der Waals surface area contributed by atoms with Crippen LogP contribution < -0.4 is 15.3 Å². The van der Waals surface area contributed by atoms with E-state index in [1.54, 1.807) is 31.3 Å². The lowest BCUT2D eigenvalue weighted by molar-refractivity contribution is -0.274. The molecule has 0 amide bonds. The Kier molecular flexibility index (Phi) is 6.42. The zero-order valence-corrected chi connectivity index (χ0v) is 19.7. The molecule has 0 bridgehead atoms. The van der Waals surface area contributed by atoms with Crippen LogP contribution in [0.2, 0.25) is 0 Å². The van der Waals surface area contributed by atoms with Crippen LogP contribution in [0.25, 0.3) is 15.9 Å². The molecule has 3 heterocycles. The van der Waals surface area contributed by atoms with Crippen LogP contribution in [0.15, 0.2) is 41.2 Å². The van der Waals surface area contributed by atoms with Gasteiger partial charge in [0.25, 0.3) is 5.82 Å². The zero-order chi connectivity index (χ0) is 25.5. The summed E-state index contributed by atoms with van der Waals surface area (Å²) < 4.78 is 42.8. The third kappa shape index (κ3) is 4.93. The Labute approximate surface area is 200 Å². The molecule has 1 unspecified atom stereocenters. The summed E-state index contributed by atoms with van der Waals surface area (Å²) in [6.45, 7) is 14.6. The minimum atomic E-state index is -4.73. The maximum Gasteiger partial charge on any atom is 0.573 e. The van der Waals surface area contributed by atoms with E-state index in [1.165, 1.54) is 16.7 Å². The first-order valence-corrected chi connectivity index (χ1v) is 11.1. The highest BCUT2D eigenvalue weighted by molar-refractivity contribution is 5.87. The van der Waals surface area contributed by atoms with Gasteiger partial charge in [0.05, 0.1) is 5.52 Å². The highest BCUT2D eigenvalue weighted by atomic mass is 19.4. The molecule has 1 aliphatic rings. The second-order valence-corrected chi connectivity index (χ2v) is 8.77. The zero-order valence-electron chi connectivity index (χ0n) is 19.7. The van der Waals surface area contributed by atoms with Crippen LogP contribution in [-0.4, -0.2) is 51.0 Å². The van der Waals surface area contributed by atoms with Crippen LogP contribution in [0, 0.1) is 6.57 Å². The van der Waals surface area contributed by atoms with E-state index < -0.39 is 12.1 Å². The van der Waals surface area contributed by atoms with Crippen molar-refractivity contribution >= 4 is 22.7 Å². The van der Waals surface area contributed by atoms with Crippen molar-refractivity contribution in [2.24, 2.45) is 7.05 Å². The molecule has 1 fully saturated rings. The number of hydrogen-bond donors (Lipinski definition) is 0. The molecule has 1 aromatic carbocycles. The number of fused-ring (bicyclic) bond motifs is 1. The van der Waals surface area contributed by atoms with Gasteiger partial charge in [-0.3, -0.25) is 9.47 Å². The molecule has 0 spiro atoms. The molecule has 4 rings (SSSR count). The number of halogens is 3. The van der Waals surface area contributed by atoms with Crippen molar-refractivity contribution in [1.82, 2.24) is 19.4 Å². The number of piperazine rings is 1. The Morgan fingerprint density at radius 1 is 1.09 bits per heavy atom. The average Bonchev–Trinajstić information content (AvgIpc) is 2.81. The molecule has 0 aliphatic carbocycles. The van der Waals surface area contributed by atoms with Crippen molar-refractivity contribution in [1.29, 1.82) is 0 Å². The number of pyridine rings is 1. The summed E-state index contributed by atoms with van der Waals surface area (Å²) in [5.74, 6) is 0.425. The lowest BCUT2D eigenvalue weighted by atomic mass is 10.0. The van der Waals surface area contributed by atoms with Crippen LogP contribution in [0.5, 0.6) is 5.75 Å². The van der Waals surface area contributed by atoms with Crippen LogP contribution in [0.1, 0.15) is 32.4 Å². The third-order valence-electron chi connectivity index (χ3n) is 6.44. The average molecular weight is 486 g/mol. The largest absolute Gasteiger partial charge is 0.573 e. The van der Waals surface area contributed by atoms with Gasteiger partial charge in [0.1, 0.15) is 5.75 Å². The van der Waals surface area contributed by atoms with Gasteiger partial charge >= 0.3 is 12.1 Å². The number of benzene rings is 1. The lowest BCUT2D eigenvalue weighted by Gasteiger charge is -2.47. The lowest BCUT2D eigenvalue weighted by Crippen LogP contribution is -2.57. The van der Waals surface area contributed by atoms with Gasteiger partial charge in [-0.1, -0.05) is 18.7 Å². The minimum Gasteiger partial charge on any atom is -0.406 e. The number of aromatic nitrogens is 3. The highest BCUT2D eigenvalue weighted by Gasteiger charge is 2.35. The van der Waals surface area contributed by atoms with E-state index in [0.29, 0.717) is 29.9 Å². The molecule has 0 radical (unpaired) electrons. The van der Waals surface area contributed by atoms with Crippen LogP contribution in [-0.2, 0) is 7.05 Å². The van der Waals surface area contributed by atoms with E-state index in [2.05, 4.69) is 31.4 Å². The first kappa shape index (κ1) is 24.5. The monoisotopic (exact) mass is 486 g/mol. The number of ether oxygens (including phenoxy) is 1. The Hall–Kier alpha value is -3.65. The van der Waals surface area contributed by atoms with Gasteiger partial charge in [-0.05, 0) is 50.6 Å². The molecule has 2 aromatic heterocycles. The SMILES string of the molecule is [C-]#[N+]c1ccc2c(n1)c(N1C[C@@H](C)N(C(C)c3ccc(OC(F)(F)F)cc3)C[C@@H]1C)nc(=O)n2C. The molecule has 1 saturated heterocycles. The summed E-state index contributed by atoms with van der Waals surface area (Å²) in [4.78, 5) is 29.0. The molecule has 3 aromatic rings. The molecule has 0 saturated carbocycles. The van der Waals surface area contributed by atoms with Crippen molar-refractivity contribution in [3.63, 3.8) is 0 Å². The summed E-state index contributed by atoms with van der Waals surface area (Å²) in [5, 5.41) is 0. The topological polar surface area (TPSA) is 67.9 Å². The maximum atomic E-state index is 12.6. The summed E-state index contributed by atoms with van der Waals surface area (Å²) in [6, 6.07) is 9.15. The maximum absolute atomic E-state index is 12.6. The predicted octanol–water partition coefficient (Wildman–Crippen LogP) is 4.44. The predicted molar refractivity (Wildman–Crippen MR) is 126 cm³/mol. The summed E-state index contributed by atoms with van der Waals surface area (Å²) in [6.07, 6.45) is -4.73. The fourth-order valence-electron chi connectivity index (χ4n) is 4.59. The van der Waals surface area contributed by atoms with Gasteiger partial charge in [-0.2, -0.15) is 4.98 Å². The fraction of sp³-hybridized carbons (Fsp3) is 0.417. The standard InChI is InChI=1S/C24H25F3N6O2/c1-14-13-33(22-21-19(31(5)23(34)30-22)10-11-20(28-4)29-21)15(2)12-32(14)16(3)17-6-8-18(9-7-17)35-24(25,26)27/h6-11,14-16H,12-13H2,1-3,5H3/t14-,15+,16?/m1/s1. The molecule has 11 heteroatoms. The van der Waals surface area contributed by atoms with Crippen LogP contribution >= 0.6 is 0 Å². The van der Waals surface area contributed by atoms with Crippen molar-refractivity contribution in [3.8, 4) is 5.75 Å². The molecule has 8 nitrogen and oxygen atoms in total. The van der Waals surface area contributed by atoms with Crippen LogP contribution in [0.3, 0.4) is 0 Å². The highest BCUT2D eigenvalue weighted by Crippen LogP contribution is 2.33. The summed E-state index contributed by atoms with van der Waals surface area (Å²) >= 11 is 0. The van der Waals surface area contributed by atoms with E-state index in [9.17, 15) is 18.0 Å². The Morgan fingerprint density at radius 3 is 2.40 bits per heavy atom. The molecule has 1 aliphatic heterocycles. The number of rotatable bonds is 4. The van der Waals surface area contributed by atoms with Gasteiger partial charge in [-0.15, -0.1) is 18.2 Å². The van der Waals surface area contributed by atoms with Gasteiger partial charge in [0, 0.05) is 38.3 Å². The normalized spacial score (nSPS) is 20.0. The van der Waals surface area contributed by atoms with Crippen molar-refractivity contribution in [2.75, 3.05) is 18.0 Å². The first-order chi connectivity index (χ1) is 16.5. The summed E-state index contributed by atoms with van der Waals surface area (Å²) in [7, 11) is 1.62. The fourth-order valence-corrected chi connectivity index (χ4v) is 4.59. The van der Waals surface area contributed by atoms with E-state index in [-0.39, 0.29) is 29.7 Å². The van der Waals surface area contributed by atoms with E-state index in [0.717, 1.165) is 5.56 Å². The quantitative estimate of drug-likeness (QED) is 0.508. The second-order valence-electron chi connectivity index (χ2n) is 8.77. The van der Waals surface area contributed by atoms with E-state index in [4.69, 9.17) is 6.57 Å². The smallest absolute Gasteiger partial charge is 0.406 e. The molecule has 3 atom stereocenters. The van der Waals surface area contributed by atoms with Gasteiger partial charge in [-0.25, -0.2) is 4.79 Å². The Balaban J connectivity index is 1.60. The van der Waals surface area contributed by atoms with Crippen molar-refractivity contribution < 1.29 is 17.9 Å². The molecule has 184 valence electrons.